The SMILES string of the molecule is CC1(C(=O)Nc2ccc(CC(=O)NCC(=O)O)cc2)CCCCCC1. The molecule has 2 rings (SSSR count). The van der Waals surface area contributed by atoms with Crippen LogP contribution in [0.3, 0.4) is 0 Å². The van der Waals surface area contributed by atoms with Gasteiger partial charge in [0.25, 0.3) is 0 Å². The quantitative estimate of drug-likeness (QED) is 0.690. The molecule has 0 spiro atoms. The smallest absolute Gasteiger partial charge is 0.322 e. The Labute approximate surface area is 148 Å². The minimum absolute atomic E-state index is 0.0568. The van der Waals surface area contributed by atoms with Crippen LogP contribution < -0.4 is 10.6 Å². The summed E-state index contributed by atoms with van der Waals surface area (Å²) in [5.74, 6) is -1.36. The molecule has 2 amide bonds. The van der Waals surface area contributed by atoms with Crippen LogP contribution in [0.5, 0.6) is 0 Å². The van der Waals surface area contributed by atoms with Crippen molar-refractivity contribution in [2.24, 2.45) is 5.41 Å². The van der Waals surface area contributed by atoms with Crippen LogP contribution in [0.25, 0.3) is 0 Å². The van der Waals surface area contributed by atoms with Crippen molar-refractivity contribution in [1.82, 2.24) is 5.32 Å². The number of carbonyl (C=O) groups excluding carboxylic acids is 2. The number of carboxylic acids is 1. The van der Waals surface area contributed by atoms with Gasteiger partial charge in [-0.15, -0.1) is 0 Å². The first kappa shape index (κ1) is 19.0. The van der Waals surface area contributed by atoms with Crippen LogP contribution in [0.1, 0.15) is 51.0 Å². The van der Waals surface area contributed by atoms with Gasteiger partial charge in [-0.2, -0.15) is 0 Å². The third-order valence-electron chi connectivity index (χ3n) is 4.77. The zero-order valence-electron chi connectivity index (χ0n) is 14.6. The molecule has 6 heteroatoms. The molecule has 0 radical (unpaired) electrons. The van der Waals surface area contributed by atoms with Crippen molar-refractivity contribution >= 4 is 23.5 Å². The summed E-state index contributed by atoms with van der Waals surface area (Å²) in [5.41, 5.74) is 1.16. The highest BCUT2D eigenvalue weighted by atomic mass is 16.4. The lowest BCUT2D eigenvalue weighted by Gasteiger charge is -2.26. The number of amides is 2. The second-order valence-electron chi connectivity index (χ2n) is 6.97. The lowest BCUT2D eigenvalue weighted by Crippen LogP contribution is -2.33. The zero-order chi connectivity index (χ0) is 18.3. The summed E-state index contributed by atoms with van der Waals surface area (Å²) >= 11 is 0. The summed E-state index contributed by atoms with van der Waals surface area (Å²) in [6.45, 7) is 1.65. The summed E-state index contributed by atoms with van der Waals surface area (Å²) in [6.07, 6.45) is 6.52. The molecule has 1 aliphatic carbocycles. The Hall–Kier alpha value is -2.37. The number of benzene rings is 1. The molecule has 1 aromatic rings. The molecule has 0 aromatic heterocycles. The third-order valence-corrected chi connectivity index (χ3v) is 4.77. The average Bonchev–Trinajstić information content (AvgIpc) is 2.80. The van der Waals surface area contributed by atoms with Gasteiger partial charge in [-0.3, -0.25) is 14.4 Å². The highest BCUT2D eigenvalue weighted by Crippen LogP contribution is 2.35. The van der Waals surface area contributed by atoms with E-state index in [0.29, 0.717) is 5.69 Å². The first-order valence-electron chi connectivity index (χ1n) is 8.78. The maximum atomic E-state index is 12.6. The van der Waals surface area contributed by atoms with E-state index in [9.17, 15) is 14.4 Å². The van der Waals surface area contributed by atoms with E-state index in [0.717, 1.165) is 31.2 Å². The van der Waals surface area contributed by atoms with Crippen LogP contribution in [0, 0.1) is 5.41 Å². The standard InChI is InChI=1S/C19H26N2O4/c1-19(10-4-2-3-5-11-19)18(25)21-15-8-6-14(7-9-15)12-16(22)20-13-17(23)24/h6-9H,2-5,10-13H2,1H3,(H,20,22)(H,21,25)(H,23,24). The number of anilines is 1. The van der Waals surface area contributed by atoms with Gasteiger partial charge in [-0.05, 0) is 30.5 Å². The van der Waals surface area contributed by atoms with Gasteiger partial charge in [0.05, 0.1) is 6.42 Å². The van der Waals surface area contributed by atoms with E-state index in [1.165, 1.54) is 12.8 Å². The lowest BCUT2D eigenvalue weighted by atomic mass is 9.81. The van der Waals surface area contributed by atoms with E-state index in [1.54, 1.807) is 24.3 Å². The summed E-state index contributed by atoms with van der Waals surface area (Å²) < 4.78 is 0. The Kier molecular flexibility index (Phi) is 6.56. The molecule has 1 fully saturated rings. The number of carbonyl (C=O) groups is 3. The Morgan fingerprint density at radius 3 is 2.20 bits per heavy atom. The minimum Gasteiger partial charge on any atom is -0.480 e. The van der Waals surface area contributed by atoms with E-state index in [2.05, 4.69) is 10.6 Å². The molecule has 0 bridgehead atoms. The van der Waals surface area contributed by atoms with Crippen molar-refractivity contribution in [3.05, 3.63) is 29.8 Å². The molecule has 136 valence electrons. The normalized spacial score (nSPS) is 16.5. The second kappa shape index (κ2) is 8.65. The number of rotatable bonds is 6. The average molecular weight is 346 g/mol. The van der Waals surface area contributed by atoms with Crippen molar-refractivity contribution in [1.29, 1.82) is 0 Å². The summed E-state index contributed by atoms with van der Waals surface area (Å²) in [7, 11) is 0. The number of carboxylic acid groups (broad SMARTS) is 1. The van der Waals surface area contributed by atoms with Crippen LogP contribution in [0.15, 0.2) is 24.3 Å². The zero-order valence-corrected chi connectivity index (χ0v) is 14.6. The van der Waals surface area contributed by atoms with Crippen LogP contribution in [0.4, 0.5) is 5.69 Å². The summed E-state index contributed by atoms with van der Waals surface area (Å²) in [6, 6.07) is 7.09. The van der Waals surface area contributed by atoms with Crippen molar-refractivity contribution in [3.8, 4) is 0 Å². The van der Waals surface area contributed by atoms with E-state index in [-0.39, 0.29) is 30.2 Å². The molecule has 0 heterocycles. The molecule has 3 N–H and O–H groups in total. The molecule has 25 heavy (non-hydrogen) atoms. The molecule has 0 unspecified atom stereocenters. The van der Waals surface area contributed by atoms with Gasteiger partial charge in [0.15, 0.2) is 0 Å². The van der Waals surface area contributed by atoms with Crippen LogP contribution in [0.2, 0.25) is 0 Å². The fourth-order valence-corrected chi connectivity index (χ4v) is 3.15. The van der Waals surface area contributed by atoms with Gasteiger partial charge in [0.1, 0.15) is 6.54 Å². The topological polar surface area (TPSA) is 95.5 Å². The van der Waals surface area contributed by atoms with Crippen molar-refractivity contribution in [3.63, 3.8) is 0 Å². The monoisotopic (exact) mass is 346 g/mol. The maximum absolute atomic E-state index is 12.6. The van der Waals surface area contributed by atoms with Crippen molar-refractivity contribution in [2.45, 2.75) is 51.9 Å². The van der Waals surface area contributed by atoms with Gasteiger partial charge in [-0.25, -0.2) is 0 Å². The fraction of sp³-hybridized carbons (Fsp3) is 0.526. The Morgan fingerprint density at radius 2 is 1.64 bits per heavy atom. The molecule has 0 saturated heterocycles. The highest BCUT2D eigenvalue weighted by Gasteiger charge is 2.33. The highest BCUT2D eigenvalue weighted by molar-refractivity contribution is 5.95. The van der Waals surface area contributed by atoms with Crippen LogP contribution in [-0.2, 0) is 20.8 Å². The Bertz CT molecular complexity index is 617. The number of aliphatic carboxylic acids is 1. The largest absolute Gasteiger partial charge is 0.480 e. The predicted octanol–water partition coefficient (Wildman–Crippen LogP) is 2.73. The second-order valence-corrected chi connectivity index (χ2v) is 6.97. The van der Waals surface area contributed by atoms with E-state index < -0.39 is 5.97 Å². The molecule has 1 saturated carbocycles. The van der Waals surface area contributed by atoms with Gasteiger partial charge in [0, 0.05) is 11.1 Å². The molecule has 1 aliphatic rings. The molecule has 1 aromatic carbocycles. The lowest BCUT2D eigenvalue weighted by molar-refractivity contribution is -0.137. The molecule has 6 nitrogen and oxygen atoms in total. The number of hydrogen-bond donors (Lipinski definition) is 3. The summed E-state index contributed by atoms with van der Waals surface area (Å²) in [5, 5.41) is 13.8. The van der Waals surface area contributed by atoms with Crippen molar-refractivity contribution in [2.75, 3.05) is 11.9 Å². The van der Waals surface area contributed by atoms with Crippen LogP contribution in [-0.4, -0.2) is 29.4 Å². The predicted molar refractivity (Wildman–Crippen MR) is 95.2 cm³/mol. The summed E-state index contributed by atoms with van der Waals surface area (Å²) in [4.78, 5) is 34.7. The van der Waals surface area contributed by atoms with Gasteiger partial charge in [-0.1, -0.05) is 44.7 Å². The Morgan fingerprint density at radius 1 is 1.04 bits per heavy atom. The van der Waals surface area contributed by atoms with Gasteiger partial charge in [0.2, 0.25) is 11.8 Å². The first-order chi connectivity index (χ1) is 11.9. The van der Waals surface area contributed by atoms with E-state index in [4.69, 9.17) is 5.11 Å². The third kappa shape index (κ3) is 5.89. The maximum Gasteiger partial charge on any atom is 0.322 e. The Balaban J connectivity index is 1.90. The van der Waals surface area contributed by atoms with E-state index >= 15 is 0 Å². The van der Waals surface area contributed by atoms with Crippen molar-refractivity contribution < 1.29 is 19.5 Å². The fourth-order valence-electron chi connectivity index (χ4n) is 3.15. The van der Waals surface area contributed by atoms with E-state index in [1.807, 2.05) is 6.92 Å². The molecular weight excluding hydrogens is 320 g/mol. The number of nitrogens with one attached hydrogen (secondary N) is 2. The van der Waals surface area contributed by atoms with Crippen LogP contribution >= 0.6 is 0 Å². The molecule has 0 aliphatic heterocycles. The van der Waals surface area contributed by atoms with Gasteiger partial charge < -0.3 is 15.7 Å². The molecular formula is C19H26N2O4. The molecule has 0 atom stereocenters. The first-order valence-corrected chi connectivity index (χ1v) is 8.78. The number of hydrogen-bond acceptors (Lipinski definition) is 3. The van der Waals surface area contributed by atoms with Gasteiger partial charge >= 0.3 is 5.97 Å². The minimum atomic E-state index is -1.07.